The van der Waals surface area contributed by atoms with Crippen LogP contribution >= 0.6 is 0 Å². The molecule has 1 aliphatic carbocycles. The molecule has 0 saturated heterocycles. The Morgan fingerprint density at radius 1 is 1.35 bits per heavy atom. The van der Waals surface area contributed by atoms with Crippen molar-refractivity contribution in [2.75, 3.05) is 19.0 Å². The third-order valence-electron chi connectivity index (χ3n) is 4.23. The lowest BCUT2D eigenvalue weighted by molar-refractivity contribution is -0.384. The van der Waals surface area contributed by atoms with Crippen LogP contribution in [0, 0.1) is 16.0 Å². The van der Waals surface area contributed by atoms with Crippen molar-refractivity contribution in [2.24, 2.45) is 5.92 Å². The molecule has 0 unspecified atom stereocenters. The average molecular weight is 343 g/mol. The van der Waals surface area contributed by atoms with Gasteiger partial charge in [-0.15, -0.1) is 0 Å². The van der Waals surface area contributed by atoms with E-state index < -0.39 is 14.9 Å². The molecule has 1 aliphatic rings. The lowest BCUT2D eigenvalue weighted by Crippen LogP contribution is -2.34. The minimum atomic E-state index is -3.74. The molecule has 0 amide bonds. The number of nitrogens with one attached hydrogen (secondary N) is 2. The fourth-order valence-electron chi connectivity index (χ4n) is 2.89. The van der Waals surface area contributed by atoms with Crippen LogP contribution in [0.15, 0.2) is 23.1 Å². The summed E-state index contributed by atoms with van der Waals surface area (Å²) in [7, 11) is -2.49. The average Bonchev–Trinajstić information content (AvgIpc) is 2.55. The SMILES string of the molecule is CNS(=O)(=O)c1ccc(N[C@@H]2CCCC[C@@H]2CO)c([N+](=O)[O-])c1. The molecule has 0 bridgehead atoms. The van der Waals surface area contributed by atoms with Gasteiger partial charge in [-0.3, -0.25) is 10.1 Å². The Morgan fingerprint density at radius 3 is 2.65 bits per heavy atom. The minimum Gasteiger partial charge on any atom is -0.396 e. The van der Waals surface area contributed by atoms with Crippen LogP contribution in [-0.4, -0.2) is 38.1 Å². The first-order chi connectivity index (χ1) is 10.9. The Kier molecular flexibility index (Phi) is 5.55. The van der Waals surface area contributed by atoms with Gasteiger partial charge in [0.2, 0.25) is 10.0 Å². The summed E-state index contributed by atoms with van der Waals surface area (Å²) in [6.45, 7) is 0.0255. The van der Waals surface area contributed by atoms with Gasteiger partial charge in [-0.2, -0.15) is 0 Å². The van der Waals surface area contributed by atoms with E-state index in [9.17, 15) is 23.6 Å². The highest BCUT2D eigenvalue weighted by Crippen LogP contribution is 2.32. The van der Waals surface area contributed by atoms with Gasteiger partial charge in [0.15, 0.2) is 0 Å². The summed E-state index contributed by atoms with van der Waals surface area (Å²) in [5, 5.41) is 23.8. The van der Waals surface area contributed by atoms with Gasteiger partial charge >= 0.3 is 0 Å². The molecule has 0 heterocycles. The zero-order chi connectivity index (χ0) is 17.0. The predicted octanol–water partition coefficient (Wildman–Crippen LogP) is 1.47. The number of rotatable bonds is 6. The van der Waals surface area contributed by atoms with Crippen molar-refractivity contribution in [1.82, 2.24) is 4.72 Å². The second-order valence-corrected chi connectivity index (χ2v) is 7.51. The van der Waals surface area contributed by atoms with Crippen molar-refractivity contribution in [3.05, 3.63) is 28.3 Å². The minimum absolute atomic E-state index is 0.0255. The van der Waals surface area contributed by atoms with Crippen molar-refractivity contribution < 1.29 is 18.4 Å². The molecule has 0 radical (unpaired) electrons. The normalized spacial score (nSPS) is 21.8. The van der Waals surface area contributed by atoms with E-state index in [1.165, 1.54) is 19.2 Å². The molecule has 3 N–H and O–H groups in total. The number of aliphatic hydroxyl groups excluding tert-OH is 1. The number of hydrogen-bond donors (Lipinski definition) is 3. The van der Waals surface area contributed by atoms with E-state index in [0.29, 0.717) is 0 Å². The molecule has 1 saturated carbocycles. The van der Waals surface area contributed by atoms with Crippen LogP contribution < -0.4 is 10.0 Å². The Bertz CT molecular complexity index is 677. The summed E-state index contributed by atoms with van der Waals surface area (Å²) in [6.07, 6.45) is 3.71. The first-order valence-corrected chi connectivity index (χ1v) is 8.96. The summed E-state index contributed by atoms with van der Waals surface area (Å²) in [5.74, 6) is 0.0454. The maximum absolute atomic E-state index is 11.8. The van der Waals surface area contributed by atoms with Crippen molar-refractivity contribution in [2.45, 2.75) is 36.6 Å². The number of sulfonamides is 1. The van der Waals surface area contributed by atoms with Crippen molar-refractivity contribution in [1.29, 1.82) is 0 Å². The molecular formula is C14H21N3O5S. The van der Waals surface area contributed by atoms with Crippen LogP contribution in [0.2, 0.25) is 0 Å². The first kappa shape index (κ1) is 17.6. The molecule has 1 fully saturated rings. The van der Waals surface area contributed by atoms with E-state index >= 15 is 0 Å². The third kappa shape index (κ3) is 3.98. The van der Waals surface area contributed by atoms with E-state index in [-0.39, 0.29) is 34.8 Å². The van der Waals surface area contributed by atoms with Gasteiger partial charge in [0.05, 0.1) is 9.82 Å². The monoisotopic (exact) mass is 343 g/mol. The predicted molar refractivity (Wildman–Crippen MR) is 85.8 cm³/mol. The molecule has 2 atom stereocenters. The van der Waals surface area contributed by atoms with Crippen LogP contribution in [0.4, 0.5) is 11.4 Å². The first-order valence-electron chi connectivity index (χ1n) is 7.48. The van der Waals surface area contributed by atoms with Gasteiger partial charge < -0.3 is 10.4 Å². The summed E-state index contributed by atoms with van der Waals surface area (Å²) in [6, 6.07) is 3.73. The van der Waals surface area contributed by atoms with Gasteiger partial charge in [0, 0.05) is 24.6 Å². The molecule has 2 rings (SSSR count). The number of aliphatic hydroxyl groups is 1. The maximum Gasteiger partial charge on any atom is 0.293 e. The summed E-state index contributed by atoms with van der Waals surface area (Å²) in [5.41, 5.74) is -0.0148. The molecule has 1 aromatic carbocycles. The number of benzene rings is 1. The van der Waals surface area contributed by atoms with Gasteiger partial charge in [-0.05, 0) is 32.0 Å². The van der Waals surface area contributed by atoms with Crippen molar-refractivity contribution in [3.8, 4) is 0 Å². The van der Waals surface area contributed by atoms with Gasteiger partial charge in [0.1, 0.15) is 5.69 Å². The van der Waals surface area contributed by atoms with E-state index in [4.69, 9.17) is 0 Å². The molecule has 8 nitrogen and oxygen atoms in total. The fourth-order valence-corrected chi connectivity index (χ4v) is 3.64. The third-order valence-corrected chi connectivity index (χ3v) is 5.64. The molecule has 0 spiro atoms. The summed E-state index contributed by atoms with van der Waals surface area (Å²) >= 11 is 0. The smallest absolute Gasteiger partial charge is 0.293 e. The van der Waals surface area contributed by atoms with Crippen LogP contribution in [-0.2, 0) is 10.0 Å². The number of anilines is 1. The second kappa shape index (κ2) is 7.24. The molecule has 23 heavy (non-hydrogen) atoms. The van der Waals surface area contributed by atoms with Crippen LogP contribution in [0.5, 0.6) is 0 Å². The van der Waals surface area contributed by atoms with Crippen LogP contribution in [0.25, 0.3) is 0 Å². The number of nitro groups is 1. The Hall–Kier alpha value is -1.71. The maximum atomic E-state index is 11.8. The highest BCUT2D eigenvalue weighted by molar-refractivity contribution is 7.89. The molecule has 128 valence electrons. The quantitative estimate of drug-likeness (QED) is 0.531. The molecule has 9 heteroatoms. The lowest BCUT2D eigenvalue weighted by atomic mass is 9.85. The lowest BCUT2D eigenvalue weighted by Gasteiger charge is -2.31. The Labute approximate surface area is 135 Å². The summed E-state index contributed by atoms with van der Waals surface area (Å²) < 4.78 is 25.7. The van der Waals surface area contributed by atoms with Crippen LogP contribution in [0.1, 0.15) is 25.7 Å². The van der Waals surface area contributed by atoms with E-state index in [2.05, 4.69) is 10.0 Å². The topological polar surface area (TPSA) is 122 Å². The van der Waals surface area contributed by atoms with Gasteiger partial charge in [-0.1, -0.05) is 12.8 Å². The zero-order valence-corrected chi connectivity index (χ0v) is 13.7. The molecule has 0 aromatic heterocycles. The standard InChI is InChI=1S/C14H21N3O5S/c1-15-23(21,22)11-6-7-13(14(8-11)17(19)20)16-12-5-3-2-4-10(12)9-18/h6-8,10,12,15-16,18H,2-5,9H2,1H3/t10-,12-/m1/s1. The molecule has 0 aliphatic heterocycles. The largest absolute Gasteiger partial charge is 0.396 e. The summed E-state index contributed by atoms with van der Waals surface area (Å²) in [4.78, 5) is 10.5. The van der Waals surface area contributed by atoms with E-state index in [1.807, 2.05) is 0 Å². The Balaban J connectivity index is 2.33. The van der Waals surface area contributed by atoms with Crippen LogP contribution in [0.3, 0.4) is 0 Å². The van der Waals surface area contributed by atoms with Gasteiger partial charge in [0.25, 0.3) is 5.69 Å². The van der Waals surface area contributed by atoms with E-state index in [1.54, 1.807) is 0 Å². The van der Waals surface area contributed by atoms with Gasteiger partial charge in [-0.25, -0.2) is 13.1 Å². The molecule has 1 aromatic rings. The Morgan fingerprint density at radius 2 is 2.04 bits per heavy atom. The van der Waals surface area contributed by atoms with Crippen molar-refractivity contribution in [3.63, 3.8) is 0 Å². The van der Waals surface area contributed by atoms with E-state index in [0.717, 1.165) is 31.7 Å². The number of hydrogen-bond acceptors (Lipinski definition) is 6. The highest BCUT2D eigenvalue weighted by atomic mass is 32.2. The second-order valence-electron chi connectivity index (χ2n) is 5.62. The highest BCUT2D eigenvalue weighted by Gasteiger charge is 2.27. The molecular weight excluding hydrogens is 322 g/mol. The number of nitrogens with zero attached hydrogens (tertiary/aromatic N) is 1. The van der Waals surface area contributed by atoms with Crippen molar-refractivity contribution >= 4 is 21.4 Å². The number of nitro benzene ring substituents is 1. The zero-order valence-electron chi connectivity index (χ0n) is 12.9. The fraction of sp³-hybridized carbons (Fsp3) is 0.571.